The Labute approximate surface area is 177 Å². The minimum atomic E-state index is -0.636. The third-order valence-electron chi connectivity index (χ3n) is 4.00. The van der Waals surface area contributed by atoms with Gasteiger partial charge < -0.3 is 31.8 Å². The number of allylic oxidation sites excluding steroid dienone is 3. The molecule has 2 rings (SSSR count). The van der Waals surface area contributed by atoms with Crippen LogP contribution in [-0.2, 0) is 20.7 Å². The van der Waals surface area contributed by atoms with Crippen molar-refractivity contribution in [2.45, 2.75) is 12.8 Å². The van der Waals surface area contributed by atoms with Crippen molar-refractivity contribution in [1.29, 1.82) is 5.41 Å². The van der Waals surface area contributed by atoms with Gasteiger partial charge in [-0.2, -0.15) is 5.10 Å². The lowest BCUT2D eigenvalue weighted by Crippen LogP contribution is -2.16. The number of rotatable bonds is 11. The second-order valence-electron chi connectivity index (χ2n) is 6.08. The van der Waals surface area contributed by atoms with E-state index < -0.39 is 5.91 Å². The SMILES string of the molecule is CNc1nc(CC(=N)/C=C\N)sc1C(/C=N\NC=O)=C/CC1=C(C(N)=O)OCN1C. The Morgan fingerprint density at radius 3 is 2.90 bits per heavy atom. The molecular weight excluding hydrogens is 408 g/mol. The average Bonchev–Trinajstić information content (AvgIpc) is 3.28. The molecule has 0 aliphatic carbocycles. The minimum absolute atomic E-state index is 0.122. The third-order valence-corrected chi connectivity index (χ3v) is 5.11. The van der Waals surface area contributed by atoms with E-state index in [1.54, 1.807) is 19.0 Å². The number of nitrogens with zero attached hydrogens (tertiary/aromatic N) is 3. The van der Waals surface area contributed by atoms with Crippen molar-refractivity contribution >= 4 is 47.0 Å². The van der Waals surface area contributed by atoms with Crippen LogP contribution < -0.4 is 22.2 Å². The van der Waals surface area contributed by atoms with E-state index >= 15 is 0 Å². The molecule has 30 heavy (non-hydrogen) atoms. The van der Waals surface area contributed by atoms with Gasteiger partial charge in [-0.1, -0.05) is 6.08 Å². The van der Waals surface area contributed by atoms with Gasteiger partial charge in [-0.15, -0.1) is 11.3 Å². The third kappa shape index (κ3) is 5.67. The van der Waals surface area contributed by atoms with E-state index in [1.807, 2.05) is 6.08 Å². The molecular formula is C18H24N8O3S. The number of hydrogen-bond acceptors (Lipinski definition) is 10. The van der Waals surface area contributed by atoms with Crippen LogP contribution in [0.3, 0.4) is 0 Å². The smallest absolute Gasteiger partial charge is 0.285 e. The number of primary amides is 1. The minimum Gasteiger partial charge on any atom is -0.465 e. The molecule has 0 radical (unpaired) electrons. The van der Waals surface area contributed by atoms with Crippen LogP contribution in [0.2, 0.25) is 0 Å². The topological polar surface area (TPSA) is 172 Å². The van der Waals surface area contributed by atoms with E-state index in [4.69, 9.17) is 21.6 Å². The maximum atomic E-state index is 11.6. The summed E-state index contributed by atoms with van der Waals surface area (Å²) in [4.78, 5) is 29.2. The highest BCUT2D eigenvalue weighted by molar-refractivity contribution is 7.13. The number of thiazole rings is 1. The summed E-state index contributed by atoms with van der Waals surface area (Å²) in [5.41, 5.74) is 14.6. The van der Waals surface area contributed by atoms with Crippen molar-refractivity contribution in [3.05, 3.63) is 39.7 Å². The van der Waals surface area contributed by atoms with Crippen LogP contribution in [-0.4, -0.2) is 55.0 Å². The quantitative estimate of drug-likeness (QED) is 0.190. The Kier molecular flexibility index (Phi) is 8.11. The zero-order valence-corrected chi connectivity index (χ0v) is 17.5. The molecule has 0 fully saturated rings. The second-order valence-corrected chi connectivity index (χ2v) is 7.16. The van der Waals surface area contributed by atoms with Crippen molar-refractivity contribution < 1.29 is 14.3 Å². The standard InChI is InChI=1S/C18H24N8O3S/c1-22-18-16(30-14(25-18)7-12(20)5-6-19)11(8-23-24-9-27)3-4-13-15(17(21)28)29-10-26(13)2/h3,5-6,8-9,20,22H,4,7,10,19H2,1-2H3,(H2,21,28)(H,24,27)/b6-5-,11-3+,20-12?,23-8-. The van der Waals surface area contributed by atoms with Gasteiger partial charge in [0.1, 0.15) is 10.8 Å². The molecule has 0 unspecified atom stereocenters. The highest BCUT2D eigenvalue weighted by Crippen LogP contribution is 2.31. The zero-order valence-electron chi connectivity index (χ0n) is 16.6. The van der Waals surface area contributed by atoms with Crippen LogP contribution in [0.4, 0.5) is 5.82 Å². The van der Waals surface area contributed by atoms with Gasteiger partial charge in [0.2, 0.25) is 12.2 Å². The van der Waals surface area contributed by atoms with Gasteiger partial charge in [0.15, 0.2) is 6.73 Å². The highest BCUT2D eigenvalue weighted by Gasteiger charge is 2.24. The van der Waals surface area contributed by atoms with Crippen molar-refractivity contribution in [3.8, 4) is 0 Å². The lowest BCUT2D eigenvalue weighted by Gasteiger charge is -2.11. The number of carbonyl (C=O) groups is 2. The number of hydrazone groups is 1. The predicted molar refractivity (Wildman–Crippen MR) is 117 cm³/mol. The molecule has 1 aromatic rings. The lowest BCUT2D eigenvalue weighted by atomic mass is 10.1. The van der Waals surface area contributed by atoms with Crippen LogP contribution >= 0.6 is 11.3 Å². The number of nitrogens with one attached hydrogen (secondary N) is 3. The fourth-order valence-electron chi connectivity index (χ4n) is 2.65. The normalized spacial score (nSPS) is 14.5. The first-order chi connectivity index (χ1) is 14.4. The van der Waals surface area contributed by atoms with Gasteiger partial charge >= 0.3 is 0 Å². The summed E-state index contributed by atoms with van der Waals surface area (Å²) in [7, 11) is 3.53. The van der Waals surface area contributed by atoms with E-state index in [0.717, 1.165) is 4.88 Å². The number of amides is 2. The molecule has 0 aromatic carbocycles. The van der Waals surface area contributed by atoms with Crippen molar-refractivity contribution in [2.24, 2.45) is 16.6 Å². The molecule has 0 saturated heterocycles. The van der Waals surface area contributed by atoms with Gasteiger partial charge in [-0.05, 0) is 12.3 Å². The van der Waals surface area contributed by atoms with Crippen LogP contribution in [0.15, 0.2) is 34.9 Å². The zero-order chi connectivity index (χ0) is 22.1. The number of carbonyl (C=O) groups excluding carboxylic acids is 2. The number of hydrogen-bond donors (Lipinski definition) is 5. The Bertz CT molecular complexity index is 932. The Morgan fingerprint density at radius 2 is 2.27 bits per heavy atom. The second kappa shape index (κ2) is 10.8. The van der Waals surface area contributed by atoms with Gasteiger partial charge in [-0.3, -0.25) is 9.59 Å². The molecule has 0 saturated carbocycles. The Hall–Kier alpha value is -3.67. The van der Waals surface area contributed by atoms with Crippen molar-refractivity contribution in [3.63, 3.8) is 0 Å². The summed E-state index contributed by atoms with van der Waals surface area (Å²) in [6.45, 7) is 0.237. The lowest BCUT2D eigenvalue weighted by molar-refractivity contribution is -0.117. The summed E-state index contributed by atoms with van der Waals surface area (Å²) in [6.07, 6.45) is 7.25. The molecule has 0 spiro atoms. The molecule has 1 aliphatic heterocycles. The van der Waals surface area contributed by atoms with E-state index in [-0.39, 0.29) is 12.5 Å². The molecule has 1 aromatic heterocycles. The van der Waals surface area contributed by atoms with E-state index in [2.05, 4.69) is 20.8 Å². The van der Waals surface area contributed by atoms with Crippen LogP contribution in [0.25, 0.3) is 5.57 Å². The summed E-state index contributed by atoms with van der Waals surface area (Å²) in [5, 5.41) is 15.5. The van der Waals surface area contributed by atoms with Crippen LogP contribution in [0.5, 0.6) is 0 Å². The van der Waals surface area contributed by atoms with Gasteiger partial charge in [-0.25, -0.2) is 10.4 Å². The first-order valence-corrected chi connectivity index (χ1v) is 9.65. The van der Waals surface area contributed by atoms with Crippen LogP contribution in [0, 0.1) is 5.41 Å². The molecule has 12 heteroatoms. The van der Waals surface area contributed by atoms with Crippen molar-refractivity contribution in [2.75, 3.05) is 26.1 Å². The summed E-state index contributed by atoms with van der Waals surface area (Å²) < 4.78 is 5.34. The largest absolute Gasteiger partial charge is 0.465 e. The van der Waals surface area contributed by atoms with Gasteiger partial charge in [0, 0.05) is 38.2 Å². The molecule has 7 N–H and O–H groups in total. The number of nitrogens with two attached hydrogens (primary N) is 2. The van der Waals surface area contributed by atoms with Crippen LogP contribution in [0.1, 0.15) is 16.3 Å². The Morgan fingerprint density at radius 1 is 1.50 bits per heavy atom. The average molecular weight is 433 g/mol. The predicted octanol–water partition coefficient (Wildman–Crippen LogP) is 0.341. The molecule has 160 valence electrons. The Balaban J connectivity index is 2.41. The van der Waals surface area contributed by atoms with E-state index in [9.17, 15) is 9.59 Å². The highest BCUT2D eigenvalue weighted by atomic mass is 32.1. The monoisotopic (exact) mass is 432 g/mol. The van der Waals surface area contributed by atoms with E-state index in [1.165, 1.54) is 29.8 Å². The first kappa shape index (κ1) is 22.6. The molecule has 2 amide bonds. The molecule has 0 bridgehead atoms. The number of aromatic nitrogens is 1. The summed E-state index contributed by atoms with van der Waals surface area (Å²) in [6, 6.07) is 0. The summed E-state index contributed by atoms with van der Waals surface area (Å²) in [5.74, 6) is 0.0865. The molecule has 11 nitrogen and oxygen atoms in total. The first-order valence-electron chi connectivity index (χ1n) is 8.84. The maximum Gasteiger partial charge on any atom is 0.285 e. The molecule has 0 atom stereocenters. The summed E-state index contributed by atoms with van der Waals surface area (Å²) >= 11 is 1.38. The maximum absolute atomic E-state index is 11.6. The number of anilines is 1. The van der Waals surface area contributed by atoms with Crippen molar-refractivity contribution in [1.82, 2.24) is 15.3 Å². The fourth-order valence-corrected chi connectivity index (χ4v) is 3.75. The fraction of sp³-hybridized carbons (Fsp3) is 0.278. The molecule has 1 aliphatic rings. The van der Waals surface area contributed by atoms with E-state index in [0.29, 0.717) is 47.1 Å². The number of ether oxygens (including phenoxy) is 1. The van der Waals surface area contributed by atoms with Gasteiger partial charge in [0.25, 0.3) is 5.91 Å². The van der Waals surface area contributed by atoms with Gasteiger partial charge in [0.05, 0.1) is 16.8 Å². The molecule has 2 heterocycles.